The first-order valence-electron chi connectivity index (χ1n) is 6.79. The number of benzene rings is 1. The fraction of sp³-hybridized carbons (Fsp3) is 0.333. The van der Waals surface area contributed by atoms with Crippen molar-refractivity contribution in [3.05, 3.63) is 41.8 Å². The number of aryl methyl sites for hydroxylation is 1. The highest BCUT2D eigenvalue weighted by molar-refractivity contribution is 5.90. The average Bonchev–Trinajstić information content (AvgIpc) is 2.84. The number of nitrogens with zero attached hydrogens (tertiary/aromatic N) is 2. The van der Waals surface area contributed by atoms with Crippen LogP contribution in [0.3, 0.4) is 0 Å². The van der Waals surface area contributed by atoms with E-state index in [1.807, 2.05) is 24.9 Å². The number of nitrogens with two attached hydrogens (primary N) is 1. The summed E-state index contributed by atoms with van der Waals surface area (Å²) in [6.45, 7) is 3.16. The largest absolute Gasteiger partial charge is 0.399 e. The molecule has 0 bridgehead atoms. The summed E-state index contributed by atoms with van der Waals surface area (Å²) >= 11 is 0. The van der Waals surface area contributed by atoms with E-state index in [0.29, 0.717) is 25.2 Å². The van der Waals surface area contributed by atoms with E-state index in [1.54, 1.807) is 24.3 Å². The van der Waals surface area contributed by atoms with Crippen molar-refractivity contribution in [1.82, 2.24) is 10.1 Å². The highest BCUT2D eigenvalue weighted by Gasteiger charge is 2.08. The topological polar surface area (TPSA) is 84.4 Å². The summed E-state index contributed by atoms with van der Waals surface area (Å²) in [6.07, 6.45) is 0.414. The molecule has 1 heterocycles. The molecule has 0 aliphatic rings. The van der Waals surface area contributed by atoms with Crippen LogP contribution in [0.4, 0.5) is 11.4 Å². The van der Waals surface area contributed by atoms with Gasteiger partial charge in [0.15, 0.2) is 0 Å². The molecule has 1 aromatic heterocycles. The molecular weight excluding hydrogens is 268 g/mol. The number of hydrogen-bond acceptors (Lipinski definition) is 5. The van der Waals surface area contributed by atoms with E-state index in [0.717, 1.165) is 17.1 Å². The van der Waals surface area contributed by atoms with Gasteiger partial charge in [0.2, 0.25) is 5.91 Å². The lowest BCUT2D eigenvalue weighted by atomic mass is 10.2. The standard InChI is InChI=1S/C15H20N4O2/c1-11-9-14(18-21-11)10-19(2)8-7-15(20)17-13-5-3-12(16)4-6-13/h3-6,9H,7-8,10,16H2,1-2H3,(H,17,20). The third-order valence-corrected chi connectivity index (χ3v) is 3.02. The van der Waals surface area contributed by atoms with Crippen LogP contribution in [0.5, 0.6) is 0 Å². The zero-order valence-corrected chi connectivity index (χ0v) is 12.3. The van der Waals surface area contributed by atoms with Crippen LogP contribution in [-0.4, -0.2) is 29.6 Å². The number of carbonyl (C=O) groups is 1. The predicted octanol–water partition coefficient (Wildman–Crippen LogP) is 2.03. The van der Waals surface area contributed by atoms with Crippen LogP contribution in [0, 0.1) is 6.92 Å². The Morgan fingerprint density at radius 3 is 2.71 bits per heavy atom. The van der Waals surface area contributed by atoms with E-state index in [9.17, 15) is 4.79 Å². The molecule has 0 radical (unpaired) electrons. The minimum atomic E-state index is -0.0250. The molecule has 6 nitrogen and oxygen atoms in total. The molecule has 0 unspecified atom stereocenters. The SMILES string of the molecule is Cc1cc(CN(C)CCC(=O)Nc2ccc(N)cc2)no1. The van der Waals surface area contributed by atoms with Crippen LogP contribution in [0.1, 0.15) is 17.9 Å². The molecule has 0 aliphatic carbocycles. The Balaban J connectivity index is 1.74. The van der Waals surface area contributed by atoms with E-state index in [1.165, 1.54) is 0 Å². The zero-order valence-electron chi connectivity index (χ0n) is 12.3. The second-order valence-electron chi connectivity index (χ2n) is 5.09. The number of aromatic nitrogens is 1. The van der Waals surface area contributed by atoms with Crippen molar-refractivity contribution < 1.29 is 9.32 Å². The van der Waals surface area contributed by atoms with Crippen molar-refractivity contribution in [2.75, 3.05) is 24.6 Å². The van der Waals surface area contributed by atoms with E-state index in [2.05, 4.69) is 10.5 Å². The lowest BCUT2D eigenvalue weighted by Gasteiger charge is -2.14. The molecule has 1 aromatic carbocycles. The number of anilines is 2. The van der Waals surface area contributed by atoms with E-state index in [4.69, 9.17) is 10.3 Å². The normalized spacial score (nSPS) is 10.8. The monoisotopic (exact) mass is 288 g/mol. The quantitative estimate of drug-likeness (QED) is 0.794. The van der Waals surface area contributed by atoms with Crippen LogP contribution in [0.2, 0.25) is 0 Å². The summed E-state index contributed by atoms with van der Waals surface area (Å²) in [7, 11) is 1.94. The van der Waals surface area contributed by atoms with Gasteiger partial charge in [-0.05, 0) is 38.2 Å². The Bertz CT molecular complexity index is 592. The number of rotatable bonds is 6. The van der Waals surface area contributed by atoms with Gasteiger partial charge in [0.1, 0.15) is 5.76 Å². The lowest BCUT2D eigenvalue weighted by Crippen LogP contribution is -2.24. The first-order chi connectivity index (χ1) is 10.0. The third-order valence-electron chi connectivity index (χ3n) is 3.02. The van der Waals surface area contributed by atoms with Crippen molar-refractivity contribution in [3.63, 3.8) is 0 Å². The highest BCUT2D eigenvalue weighted by atomic mass is 16.5. The van der Waals surface area contributed by atoms with Gasteiger partial charge in [-0.1, -0.05) is 5.16 Å². The van der Waals surface area contributed by atoms with Crippen LogP contribution in [0.25, 0.3) is 0 Å². The van der Waals surface area contributed by atoms with Crippen LogP contribution >= 0.6 is 0 Å². The molecule has 0 fully saturated rings. The molecule has 0 aliphatic heterocycles. The number of nitrogen functional groups attached to an aromatic ring is 1. The first kappa shape index (κ1) is 15.1. The Labute approximate surface area is 123 Å². The second-order valence-corrected chi connectivity index (χ2v) is 5.09. The summed E-state index contributed by atoms with van der Waals surface area (Å²) in [5.41, 5.74) is 7.90. The molecule has 0 spiro atoms. The second kappa shape index (κ2) is 6.90. The molecular formula is C15H20N4O2. The van der Waals surface area contributed by atoms with Gasteiger partial charge < -0.3 is 15.6 Å². The van der Waals surface area contributed by atoms with Crippen molar-refractivity contribution in [3.8, 4) is 0 Å². The van der Waals surface area contributed by atoms with Gasteiger partial charge in [0.25, 0.3) is 0 Å². The van der Waals surface area contributed by atoms with Gasteiger partial charge in [0, 0.05) is 37.0 Å². The van der Waals surface area contributed by atoms with Gasteiger partial charge in [-0.3, -0.25) is 9.69 Å². The van der Waals surface area contributed by atoms with Gasteiger partial charge >= 0.3 is 0 Å². The highest BCUT2D eigenvalue weighted by Crippen LogP contribution is 2.11. The minimum Gasteiger partial charge on any atom is -0.399 e. The molecule has 6 heteroatoms. The minimum absolute atomic E-state index is 0.0250. The van der Waals surface area contributed by atoms with E-state index < -0.39 is 0 Å². The summed E-state index contributed by atoms with van der Waals surface area (Å²) in [5, 5.41) is 6.77. The van der Waals surface area contributed by atoms with Crippen molar-refractivity contribution in [2.24, 2.45) is 0 Å². The zero-order chi connectivity index (χ0) is 15.2. The average molecular weight is 288 g/mol. The molecule has 3 N–H and O–H groups in total. The molecule has 112 valence electrons. The molecule has 0 saturated carbocycles. The molecule has 21 heavy (non-hydrogen) atoms. The fourth-order valence-electron chi connectivity index (χ4n) is 1.93. The van der Waals surface area contributed by atoms with Gasteiger partial charge in [-0.15, -0.1) is 0 Å². The molecule has 2 rings (SSSR count). The fourth-order valence-corrected chi connectivity index (χ4v) is 1.93. The summed E-state index contributed by atoms with van der Waals surface area (Å²) in [5.74, 6) is 0.766. The Morgan fingerprint density at radius 1 is 1.38 bits per heavy atom. The van der Waals surface area contributed by atoms with Gasteiger partial charge in [-0.2, -0.15) is 0 Å². The van der Waals surface area contributed by atoms with Crippen molar-refractivity contribution >= 4 is 17.3 Å². The van der Waals surface area contributed by atoms with Gasteiger partial charge in [0.05, 0.1) is 5.69 Å². The smallest absolute Gasteiger partial charge is 0.225 e. The Morgan fingerprint density at radius 2 is 2.10 bits per heavy atom. The van der Waals surface area contributed by atoms with Crippen LogP contribution in [0.15, 0.2) is 34.9 Å². The lowest BCUT2D eigenvalue weighted by molar-refractivity contribution is -0.116. The summed E-state index contributed by atoms with van der Waals surface area (Å²) < 4.78 is 5.01. The van der Waals surface area contributed by atoms with Gasteiger partial charge in [-0.25, -0.2) is 0 Å². The number of carbonyl (C=O) groups excluding carboxylic acids is 1. The Hall–Kier alpha value is -2.34. The van der Waals surface area contributed by atoms with Crippen molar-refractivity contribution in [2.45, 2.75) is 19.9 Å². The summed E-state index contributed by atoms with van der Waals surface area (Å²) in [6, 6.07) is 8.98. The summed E-state index contributed by atoms with van der Waals surface area (Å²) in [4.78, 5) is 13.9. The third kappa shape index (κ3) is 4.92. The predicted molar refractivity (Wildman–Crippen MR) is 81.7 cm³/mol. The van der Waals surface area contributed by atoms with Crippen molar-refractivity contribution in [1.29, 1.82) is 0 Å². The maximum absolute atomic E-state index is 11.9. The molecule has 2 aromatic rings. The number of amides is 1. The molecule has 1 amide bonds. The Kier molecular flexibility index (Phi) is 4.94. The van der Waals surface area contributed by atoms with E-state index >= 15 is 0 Å². The number of hydrogen-bond donors (Lipinski definition) is 2. The maximum atomic E-state index is 11.9. The number of nitrogens with one attached hydrogen (secondary N) is 1. The molecule has 0 atom stereocenters. The maximum Gasteiger partial charge on any atom is 0.225 e. The first-order valence-corrected chi connectivity index (χ1v) is 6.79. The van der Waals surface area contributed by atoms with E-state index in [-0.39, 0.29) is 5.91 Å². The van der Waals surface area contributed by atoms with Crippen LogP contribution in [-0.2, 0) is 11.3 Å². The molecule has 0 saturated heterocycles. The van der Waals surface area contributed by atoms with Crippen LogP contribution < -0.4 is 11.1 Å².